The fourth-order valence-electron chi connectivity index (χ4n) is 1.50. The maximum Gasteiger partial charge on any atom is 0.143 e. The van der Waals surface area contributed by atoms with Crippen LogP contribution in [-0.4, -0.2) is 11.7 Å². The zero-order valence-electron chi connectivity index (χ0n) is 10.9. The van der Waals surface area contributed by atoms with Crippen LogP contribution in [0, 0.1) is 11.8 Å². The molecule has 18 heavy (non-hydrogen) atoms. The summed E-state index contributed by atoms with van der Waals surface area (Å²) in [7, 11) is 0. The van der Waals surface area contributed by atoms with Gasteiger partial charge in [-0.1, -0.05) is 50.1 Å². The third-order valence-electron chi connectivity index (χ3n) is 2.46. The van der Waals surface area contributed by atoms with Gasteiger partial charge in [-0.25, -0.2) is 0 Å². The van der Waals surface area contributed by atoms with E-state index in [1.807, 2.05) is 24.3 Å². The summed E-state index contributed by atoms with van der Waals surface area (Å²) in [6.07, 6.45) is 3.89. The van der Waals surface area contributed by atoms with Crippen molar-refractivity contribution in [2.45, 2.75) is 32.3 Å². The van der Waals surface area contributed by atoms with Gasteiger partial charge in [-0.2, -0.15) is 0 Å². The second kappa shape index (κ2) is 8.38. The van der Waals surface area contributed by atoms with Gasteiger partial charge >= 0.3 is 0 Å². The zero-order chi connectivity index (χ0) is 13.2. The minimum Gasteiger partial charge on any atom is -0.489 e. The van der Waals surface area contributed by atoms with Crippen molar-refractivity contribution in [3.63, 3.8) is 0 Å². The van der Waals surface area contributed by atoms with Crippen LogP contribution in [0.4, 0.5) is 0 Å². The van der Waals surface area contributed by atoms with Crippen molar-refractivity contribution < 1.29 is 9.84 Å². The molecule has 1 rings (SSSR count). The Balaban J connectivity index is 2.73. The van der Waals surface area contributed by atoms with E-state index < -0.39 is 6.10 Å². The Hall–Kier alpha value is -1.72. The highest BCUT2D eigenvalue weighted by Crippen LogP contribution is 2.24. The SMILES string of the molecule is C=CCOc1ccccc1C(O)C#CCCCC. The Labute approximate surface area is 109 Å². The largest absolute Gasteiger partial charge is 0.489 e. The molecule has 0 saturated carbocycles. The van der Waals surface area contributed by atoms with E-state index in [-0.39, 0.29) is 0 Å². The van der Waals surface area contributed by atoms with Gasteiger partial charge in [-0.05, 0) is 12.5 Å². The summed E-state index contributed by atoms with van der Waals surface area (Å²) in [5.74, 6) is 6.50. The van der Waals surface area contributed by atoms with Gasteiger partial charge in [-0.3, -0.25) is 0 Å². The number of benzene rings is 1. The lowest BCUT2D eigenvalue weighted by Gasteiger charge is -2.11. The summed E-state index contributed by atoms with van der Waals surface area (Å²) >= 11 is 0. The van der Waals surface area contributed by atoms with Crippen LogP contribution in [0.3, 0.4) is 0 Å². The van der Waals surface area contributed by atoms with Gasteiger partial charge in [0.2, 0.25) is 0 Å². The fourth-order valence-corrected chi connectivity index (χ4v) is 1.50. The number of rotatable bonds is 6. The van der Waals surface area contributed by atoms with Crippen LogP contribution in [0.25, 0.3) is 0 Å². The molecule has 2 nitrogen and oxygen atoms in total. The van der Waals surface area contributed by atoms with E-state index in [0.29, 0.717) is 17.9 Å². The molecule has 0 aliphatic heterocycles. The van der Waals surface area contributed by atoms with Crippen molar-refractivity contribution in [2.75, 3.05) is 6.61 Å². The number of para-hydroxylation sites is 1. The summed E-state index contributed by atoms with van der Waals surface area (Å²) in [5, 5.41) is 10.0. The van der Waals surface area contributed by atoms with Crippen LogP contribution in [0.5, 0.6) is 5.75 Å². The van der Waals surface area contributed by atoms with E-state index in [4.69, 9.17) is 4.74 Å². The smallest absolute Gasteiger partial charge is 0.143 e. The Kier molecular flexibility index (Phi) is 6.68. The van der Waals surface area contributed by atoms with Gasteiger partial charge in [0.05, 0.1) is 0 Å². The molecule has 0 spiro atoms. The van der Waals surface area contributed by atoms with E-state index in [1.165, 1.54) is 0 Å². The van der Waals surface area contributed by atoms with Crippen molar-refractivity contribution >= 4 is 0 Å². The molecule has 0 fully saturated rings. The normalized spacial score (nSPS) is 11.2. The van der Waals surface area contributed by atoms with Crippen LogP contribution in [0.2, 0.25) is 0 Å². The molecule has 1 aromatic carbocycles. The van der Waals surface area contributed by atoms with Gasteiger partial charge < -0.3 is 9.84 Å². The average molecular weight is 244 g/mol. The summed E-state index contributed by atoms with van der Waals surface area (Å²) in [6, 6.07) is 7.40. The molecule has 96 valence electrons. The van der Waals surface area contributed by atoms with Crippen molar-refractivity contribution in [1.29, 1.82) is 0 Å². The number of unbranched alkanes of at least 4 members (excludes halogenated alkanes) is 2. The molecule has 2 heteroatoms. The van der Waals surface area contributed by atoms with E-state index in [1.54, 1.807) is 6.08 Å². The third kappa shape index (κ3) is 4.65. The second-order valence-corrected chi connectivity index (χ2v) is 3.96. The lowest BCUT2D eigenvalue weighted by molar-refractivity contribution is 0.230. The van der Waals surface area contributed by atoms with Crippen molar-refractivity contribution in [3.05, 3.63) is 42.5 Å². The molecule has 0 aliphatic rings. The standard InChI is InChI=1S/C16H20O2/c1-3-5-6-7-11-15(17)14-10-8-9-12-16(14)18-13-4-2/h4,8-10,12,15,17H,2-3,5-6,13H2,1H3. The molecule has 1 unspecified atom stereocenters. The molecular weight excluding hydrogens is 224 g/mol. The van der Waals surface area contributed by atoms with Gasteiger partial charge in [0.25, 0.3) is 0 Å². The van der Waals surface area contributed by atoms with Gasteiger partial charge in [-0.15, -0.1) is 5.92 Å². The second-order valence-electron chi connectivity index (χ2n) is 3.96. The Morgan fingerprint density at radius 3 is 2.94 bits per heavy atom. The topological polar surface area (TPSA) is 29.5 Å². The van der Waals surface area contributed by atoms with E-state index in [0.717, 1.165) is 19.3 Å². The van der Waals surface area contributed by atoms with E-state index >= 15 is 0 Å². The summed E-state index contributed by atoms with van der Waals surface area (Å²) in [4.78, 5) is 0. The molecule has 1 N–H and O–H groups in total. The van der Waals surface area contributed by atoms with E-state index in [9.17, 15) is 5.11 Å². The van der Waals surface area contributed by atoms with Crippen LogP contribution in [-0.2, 0) is 0 Å². The minimum atomic E-state index is -0.789. The first-order valence-electron chi connectivity index (χ1n) is 6.28. The Morgan fingerprint density at radius 2 is 2.22 bits per heavy atom. The van der Waals surface area contributed by atoms with Crippen molar-refractivity contribution in [1.82, 2.24) is 0 Å². The number of hydrogen-bond donors (Lipinski definition) is 1. The van der Waals surface area contributed by atoms with Gasteiger partial charge in [0, 0.05) is 12.0 Å². The fraction of sp³-hybridized carbons (Fsp3) is 0.375. The van der Waals surface area contributed by atoms with Crippen molar-refractivity contribution in [3.8, 4) is 17.6 Å². The van der Waals surface area contributed by atoms with Crippen LogP contribution in [0.1, 0.15) is 37.9 Å². The maximum absolute atomic E-state index is 10.0. The first kappa shape index (κ1) is 14.3. The molecule has 0 amide bonds. The molecule has 0 saturated heterocycles. The maximum atomic E-state index is 10.0. The highest BCUT2D eigenvalue weighted by Gasteiger charge is 2.09. The predicted octanol–water partition coefficient (Wildman–Crippen LogP) is 3.48. The molecule has 1 aromatic rings. The van der Waals surface area contributed by atoms with Crippen LogP contribution < -0.4 is 4.74 Å². The lowest BCUT2D eigenvalue weighted by Crippen LogP contribution is -2.01. The first-order valence-corrected chi connectivity index (χ1v) is 6.28. The predicted molar refractivity (Wildman–Crippen MR) is 74.4 cm³/mol. The number of ether oxygens (including phenoxy) is 1. The van der Waals surface area contributed by atoms with Crippen LogP contribution >= 0.6 is 0 Å². The Morgan fingerprint density at radius 1 is 1.44 bits per heavy atom. The highest BCUT2D eigenvalue weighted by atomic mass is 16.5. The molecule has 0 radical (unpaired) electrons. The quantitative estimate of drug-likeness (QED) is 0.471. The minimum absolute atomic E-state index is 0.424. The molecular formula is C16H20O2. The number of hydrogen-bond acceptors (Lipinski definition) is 2. The highest BCUT2D eigenvalue weighted by molar-refractivity contribution is 5.38. The average Bonchev–Trinajstić information content (AvgIpc) is 2.41. The molecule has 0 bridgehead atoms. The number of aliphatic hydroxyl groups excluding tert-OH is 1. The van der Waals surface area contributed by atoms with E-state index in [2.05, 4.69) is 25.3 Å². The third-order valence-corrected chi connectivity index (χ3v) is 2.46. The zero-order valence-corrected chi connectivity index (χ0v) is 10.9. The number of aliphatic hydroxyl groups is 1. The summed E-state index contributed by atoms with van der Waals surface area (Å²) in [6.45, 7) is 6.15. The summed E-state index contributed by atoms with van der Waals surface area (Å²) < 4.78 is 5.49. The van der Waals surface area contributed by atoms with Crippen LogP contribution in [0.15, 0.2) is 36.9 Å². The molecule has 0 aliphatic carbocycles. The molecule has 1 atom stereocenters. The van der Waals surface area contributed by atoms with Gasteiger partial charge in [0.15, 0.2) is 0 Å². The molecule has 0 aromatic heterocycles. The lowest BCUT2D eigenvalue weighted by atomic mass is 10.1. The molecule has 0 heterocycles. The van der Waals surface area contributed by atoms with Crippen molar-refractivity contribution in [2.24, 2.45) is 0 Å². The Bertz CT molecular complexity index is 426. The van der Waals surface area contributed by atoms with Gasteiger partial charge in [0.1, 0.15) is 18.5 Å². The monoisotopic (exact) mass is 244 g/mol. The summed E-state index contributed by atoms with van der Waals surface area (Å²) in [5.41, 5.74) is 0.711. The first-order chi connectivity index (χ1) is 8.79.